The molecule has 0 saturated carbocycles. The number of rotatable bonds is 1. The van der Waals surface area contributed by atoms with Gasteiger partial charge in [0.1, 0.15) is 18.8 Å². The van der Waals surface area contributed by atoms with Crippen molar-refractivity contribution >= 4 is 5.76 Å². The largest absolute Gasteiger partial charge is 0.465 e. The van der Waals surface area contributed by atoms with Crippen LogP contribution in [0.5, 0.6) is 0 Å². The molecule has 0 bridgehead atoms. The quantitative estimate of drug-likeness (QED) is 0.674. The van der Waals surface area contributed by atoms with Gasteiger partial charge in [0.15, 0.2) is 5.76 Å². The number of hydrogen-bond acceptors (Lipinski definition) is 3. The third-order valence-electron chi connectivity index (χ3n) is 1.82. The van der Waals surface area contributed by atoms with Gasteiger partial charge >= 0.3 is 0 Å². The van der Waals surface area contributed by atoms with E-state index in [1.165, 1.54) is 18.8 Å². The first-order valence-corrected chi connectivity index (χ1v) is 4.08. The van der Waals surface area contributed by atoms with Crippen molar-refractivity contribution in [2.45, 2.75) is 0 Å². The second-order valence-electron chi connectivity index (χ2n) is 2.67. The van der Waals surface area contributed by atoms with Crippen molar-refractivity contribution in [2.75, 3.05) is 0 Å². The second kappa shape index (κ2) is 3.67. The summed E-state index contributed by atoms with van der Waals surface area (Å²) in [5, 5.41) is 8.86. The van der Waals surface area contributed by atoms with Crippen LogP contribution >= 0.6 is 0 Å². The Bertz CT molecular complexity index is 441. The zero-order valence-corrected chi connectivity index (χ0v) is 7.31. The fourth-order valence-corrected chi connectivity index (χ4v) is 1.18. The molecule has 0 unspecified atom stereocenters. The molecule has 1 aliphatic rings. The van der Waals surface area contributed by atoms with Crippen molar-refractivity contribution in [3.63, 3.8) is 0 Å². The predicted molar refractivity (Wildman–Crippen MR) is 50.4 cm³/mol. The van der Waals surface area contributed by atoms with E-state index in [1.807, 2.05) is 18.2 Å². The topological polar surface area (TPSA) is 42.2 Å². The Kier molecular flexibility index (Phi) is 2.20. The van der Waals surface area contributed by atoms with Gasteiger partial charge in [-0.15, -0.1) is 0 Å². The van der Waals surface area contributed by atoms with Gasteiger partial charge in [-0.25, -0.2) is 0 Å². The highest BCUT2D eigenvalue weighted by Crippen LogP contribution is 2.22. The molecule has 0 N–H and O–H groups in total. The summed E-state index contributed by atoms with van der Waals surface area (Å²) in [6.45, 7) is 0. The minimum Gasteiger partial charge on any atom is -0.465 e. The first-order valence-electron chi connectivity index (χ1n) is 4.08. The highest BCUT2D eigenvalue weighted by molar-refractivity contribution is 5.65. The maximum absolute atomic E-state index is 8.86. The van der Waals surface area contributed by atoms with Crippen molar-refractivity contribution in [2.24, 2.45) is 0 Å². The summed E-state index contributed by atoms with van der Waals surface area (Å²) < 4.78 is 10.2. The van der Waals surface area contributed by atoms with Crippen LogP contribution in [0.2, 0.25) is 0 Å². The van der Waals surface area contributed by atoms with E-state index in [4.69, 9.17) is 14.7 Å². The Hall–Kier alpha value is -2.21. The Morgan fingerprint density at radius 3 is 2.71 bits per heavy atom. The van der Waals surface area contributed by atoms with Gasteiger partial charge in [0.25, 0.3) is 0 Å². The van der Waals surface area contributed by atoms with Crippen LogP contribution in [0.3, 0.4) is 0 Å². The van der Waals surface area contributed by atoms with Gasteiger partial charge < -0.3 is 9.47 Å². The lowest BCUT2D eigenvalue weighted by Crippen LogP contribution is -1.94. The molecular weight excluding hydrogens is 178 g/mol. The molecule has 3 nitrogen and oxygen atoms in total. The van der Waals surface area contributed by atoms with Crippen LogP contribution in [0.1, 0.15) is 11.1 Å². The van der Waals surface area contributed by atoms with Crippen LogP contribution in [0.15, 0.2) is 43.1 Å². The third kappa shape index (κ3) is 1.46. The summed E-state index contributed by atoms with van der Waals surface area (Å²) >= 11 is 0. The molecule has 0 spiro atoms. The van der Waals surface area contributed by atoms with E-state index in [9.17, 15) is 0 Å². The van der Waals surface area contributed by atoms with Gasteiger partial charge in [-0.1, -0.05) is 12.1 Å². The maximum Gasteiger partial charge on any atom is 0.170 e. The lowest BCUT2D eigenvalue weighted by atomic mass is 10.1. The van der Waals surface area contributed by atoms with Gasteiger partial charge in [0.05, 0.1) is 11.6 Å². The molecule has 0 atom stereocenters. The molecule has 0 fully saturated rings. The molecule has 68 valence electrons. The van der Waals surface area contributed by atoms with Crippen LogP contribution < -0.4 is 0 Å². The van der Waals surface area contributed by atoms with Crippen LogP contribution in [-0.2, 0) is 9.47 Å². The van der Waals surface area contributed by atoms with Crippen molar-refractivity contribution in [3.05, 3.63) is 54.2 Å². The average molecular weight is 185 g/mol. The zero-order chi connectivity index (χ0) is 9.80. The first kappa shape index (κ1) is 8.39. The van der Waals surface area contributed by atoms with Crippen molar-refractivity contribution in [1.82, 2.24) is 0 Å². The molecule has 1 aromatic carbocycles. The molecule has 0 amide bonds. The Morgan fingerprint density at radius 2 is 2.00 bits per heavy atom. The zero-order valence-electron chi connectivity index (χ0n) is 7.31. The monoisotopic (exact) mass is 185 g/mol. The smallest absolute Gasteiger partial charge is 0.170 e. The minimum absolute atomic E-state index is 0.546. The van der Waals surface area contributed by atoms with Gasteiger partial charge in [-0.3, -0.25) is 0 Å². The molecule has 0 radical (unpaired) electrons. The van der Waals surface area contributed by atoms with Crippen LogP contribution in [0.4, 0.5) is 0 Å². The molecule has 14 heavy (non-hydrogen) atoms. The molecular formula is C11H7NO2. The Balaban J connectivity index is 2.41. The lowest BCUT2D eigenvalue weighted by Gasteiger charge is -2.10. The van der Waals surface area contributed by atoms with Gasteiger partial charge in [-0.05, 0) is 12.1 Å². The number of benzene rings is 1. The Labute approximate surface area is 81.5 Å². The SMILES string of the molecule is N#Cc1ccccc1C1=COC=CO1. The molecule has 1 heterocycles. The average Bonchev–Trinajstić information content (AvgIpc) is 2.30. The molecule has 0 saturated heterocycles. The molecule has 3 heteroatoms. The third-order valence-corrected chi connectivity index (χ3v) is 1.82. The minimum atomic E-state index is 0.546. The number of nitrogens with zero attached hydrogens (tertiary/aromatic N) is 1. The van der Waals surface area contributed by atoms with E-state index < -0.39 is 0 Å². The van der Waals surface area contributed by atoms with Crippen molar-refractivity contribution in [3.8, 4) is 6.07 Å². The fourth-order valence-electron chi connectivity index (χ4n) is 1.18. The molecule has 2 rings (SSSR count). The van der Waals surface area contributed by atoms with Crippen LogP contribution in [0, 0.1) is 11.3 Å². The van der Waals surface area contributed by atoms with Crippen molar-refractivity contribution in [1.29, 1.82) is 5.26 Å². The van der Waals surface area contributed by atoms with Crippen LogP contribution in [0.25, 0.3) is 5.76 Å². The highest BCUT2D eigenvalue weighted by Gasteiger charge is 2.09. The van der Waals surface area contributed by atoms with E-state index in [2.05, 4.69) is 6.07 Å². The molecule has 1 aliphatic heterocycles. The normalized spacial score (nSPS) is 13.5. The van der Waals surface area contributed by atoms with E-state index in [0.29, 0.717) is 11.3 Å². The number of hydrogen-bond donors (Lipinski definition) is 0. The molecule has 0 aliphatic carbocycles. The van der Waals surface area contributed by atoms with Crippen LogP contribution in [-0.4, -0.2) is 0 Å². The number of ether oxygens (including phenoxy) is 2. The summed E-state index contributed by atoms with van der Waals surface area (Å²) in [5.41, 5.74) is 1.30. The molecule has 1 aromatic rings. The van der Waals surface area contributed by atoms with Gasteiger partial charge in [0, 0.05) is 5.56 Å². The fraction of sp³-hybridized carbons (Fsp3) is 0. The van der Waals surface area contributed by atoms with Gasteiger partial charge in [0.2, 0.25) is 0 Å². The highest BCUT2D eigenvalue weighted by atomic mass is 16.5. The van der Waals surface area contributed by atoms with E-state index in [-0.39, 0.29) is 0 Å². The number of nitriles is 1. The van der Waals surface area contributed by atoms with E-state index in [1.54, 1.807) is 6.07 Å². The maximum atomic E-state index is 8.86. The summed E-state index contributed by atoms with van der Waals surface area (Å²) in [6.07, 6.45) is 4.33. The predicted octanol–water partition coefficient (Wildman–Crippen LogP) is 2.37. The summed E-state index contributed by atoms with van der Waals surface area (Å²) in [5.74, 6) is 0.546. The second-order valence-corrected chi connectivity index (χ2v) is 2.67. The first-order chi connectivity index (χ1) is 6.92. The summed E-state index contributed by atoms with van der Waals surface area (Å²) in [4.78, 5) is 0. The van der Waals surface area contributed by atoms with Gasteiger partial charge in [-0.2, -0.15) is 5.26 Å². The standard InChI is InChI=1S/C11H7NO2/c12-7-9-3-1-2-4-10(9)11-8-13-5-6-14-11/h1-6,8H. The van der Waals surface area contributed by atoms with E-state index in [0.717, 1.165) is 5.56 Å². The van der Waals surface area contributed by atoms with E-state index >= 15 is 0 Å². The lowest BCUT2D eigenvalue weighted by molar-refractivity contribution is 0.312. The summed E-state index contributed by atoms with van der Waals surface area (Å²) in [7, 11) is 0. The van der Waals surface area contributed by atoms with Crippen molar-refractivity contribution < 1.29 is 9.47 Å². The Morgan fingerprint density at radius 1 is 1.14 bits per heavy atom. The molecule has 0 aromatic heterocycles. The summed E-state index contributed by atoms with van der Waals surface area (Å²) in [6, 6.07) is 9.29.